The number of carbonyl (C=O) groups excluding carboxylic acids is 2. The van der Waals surface area contributed by atoms with Crippen molar-refractivity contribution < 1.29 is 18.7 Å². The van der Waals surface area contributed by atoms with Crippen LogP contribution in [0, 0.1) is 5.82 Å². The van der Waals surface area contributed by atoms with Crippen molar-refractivity contribution in [1.82, 2.24) is 14.7 Å². The fraction of sp³-hybridized carbons (Fsp3) is 0.261. The first-order valence-electron chi connectivity index (χ1n) is 9.99. The van der Waals surface area contributed by atoms with Crippen molar-refractivity contribution in [2.45, 2.75) is 17.9 Å². The van der Waals surface area contributed by atoms with E-state index in [-0.39, 0.29) is 23.1 Å². The van der Waals surface area contributed by atoms with E-state index in [9.17, 15) is 14.0 Å². The lowest BCUT2D eigenvalue weighted by Gasteiger charge is -2.33. The topological polar surface area (TPSA) is 76.5 Å². The zero-order chi connectivity index (χ0) is 21.8. The summed E-state index contributed by atoms with van der Waals surface area (Å²) < 4.78 is 20.9. The SMILES string of the molecule is COc1ccc(C(=O)N2CC[C@]3(C(=O)Nc4ccccc43)[C@@H]2c2cnn(C)c2)cc1F. The summed E-state index contributed by atoms with van der Waals surface area (Å²) in [4.78, 5) is 28.5. The molecule has 2 aromatic carbocycles. The predicted octanol–water partition coefficient (Wildman–Crippen LogP) is 3.05. The number of benzene rings is 2. The third-order valence-corrected chi connectivity index (χ3v) is 6.29. The molecule has 1 spiro atoms. The van der Waals surface area contributed by atoms with Gasteiger partial charge in [0, 0.05) is 36.6 Å². The molecule has 1 saturated heterocycles. The first kappa shape index (κ1) is 19.3. The van der Waals surface area contributed by atoms with Crippen molar-refractivity contribution in [1.29, 1.82) is 0 Å². The van der Waals surface area contributed by atoms with E-state index in [2.05, 4.69) is 10.4 Å². The number of likely N-dealkylation sites (tertiary alicyclic amines) is 1. The van der Waals surface area contributed by atoms with Crippen molar-refractivity contribution >= 4 is 17.5 Å². The van der Waals surface area contributed by atoms with E-state index in [1.54, 1.807) is 22.8 Å². The minimum Gasteiger partial charge on any atom is -0.494 e. The Labute approximate surface area is 178 Å². The third kappa shape index (κ3) is 2.74. The molecule has 1 aromatic heterocycles. The summed E-state index contributed by atoms with van der Waals surface area (Å²) in [6.07, 6.45) is 3.96. The summed E-state index contributed by atoms with van der Waals surface area (Å²) in [5, 5.41) is 7.25. The number of para-hydroxylation sites is 1. The molecule has 2 aliphatic rings. The molecule has 0 saturated carbocycles. The Kier molecular flexibility index (Phi) is 4.32. The molecule has 2 amide bonds. The van der Waals surface area contributed by atoms with Gasteiger partial charge < -0.3 is 15.0 Å². The van der Waals surface area contributed by atoms with Crippen LogP contribution in [-0.2, 0) is 17.3 Å². The van der Waals surface area contributed by atoms with Crippen molar-refractivity contribution in [3.63, 3.8) is 0 Å². The smallest absolute Gasteiger partial charge is 0.254 e. The van der Waals surface area contributed by atoms with Gasteiger partial charge in [0.05, 0.1) is 19.3 Å². The number of nitrogens with zero attached hydrogens (tertiary/aromatic N) is 3. The van der Waals surface area contributed by atoms with E-state index in [1.807, 2.05) is 30.5 Å². The second-order valence-corrected chi connectivity index (χ2v) is 7.92. The maximum atomic E-state index is 14.3. The van der Waals surface area contributed by atoms with Crippen LogP contribution in [0.1, 0.15) is 33.9 Å². The fourth-order valence-corrected chi connectivity index (χ4v) is 4.92. The van der Waals surface area contributed by atoms with Crippen LogP contribution in [0.5, 0.6) is 5.75 Å². The molecular formula is C23H21FN4O3. The number of amides is 2. The van der Waals surface area contributed by atoms with E-state index in [0.717, 1.165) is 16.8 Å². The van der Waals surface area contributed by atoms with Crippen LogP contribution < -0.4 is 10.1 Å². The van der Waals surface area contributed by atoms with Gasteiger partial charge in [0.25, 0.3) is 5.91 Å². The Morgan fingerprint density at radius 3 is 2.81 bits per heavy atom. The van der Waals surface area contributed by atoms with Crippen LogP contribution in [-0.4, -0.2) is 40.1 Å². The molecule has 158 valence electrons. The number of nitrogens with one attached hydrogen (secondary N) is 1. The molecule has 2 atom stereocenters. The molecule has 5 rings (SSSR count). The van der Waals surface area contributed by atoms with Crippen LogP contribution in [0.3, 0.4) is 0 Å². The molecule has 0 unspecified atom stereocenters. The van der Waals surface area contributed by atoms with Crippen LogP contribution in [0.2, 0.25) is 0 Å². The van der Waals surface area contributed by atoms with Crippen molar-refractivity contribution in [3.05, 3.63) is 77.4 Å². The number of hydrogen-bond donors (Lipinski definition) is 1. The largest absolute Gasteiger partial charge is 0.494 e. The molecular weight excluding hydrogens is 399 g/mol. The van der Waals surface area contributed by atoms with E-state index in [0.29, 0.717) is 13.0 Å². The molecule has 7 nitrogen and oxygen atoms in total. The maximum Gasteiger partial charge on any atom is 0.254 e. The molecule has 2 aliphatic heterocycles. The standard InChI is InChI=1S/C23H21FN4O3/c1-27-13-15(12-25-27)20-23(16-5-3-4-6-18(16)26-22(23)30)9-10-28(20)21(29)14-7-8-19(31-2)17(24)11-14/h3-8,11-13,20H,9-10H2,1-2H3,(H,26,30)/t20-,23+/m0/s1. The number of rotatable bonds is 3. The Morgan fingerprint density at radius 1 is 1.29 bits per heavy atom. The lowest BCUT2D eigenvalue weighted by atomic mass is 9.73. The number of ether oxygens (including phenoxy) is 1. The number of carbonyl (C=O) groups is 2. The van der Waals surface area contributed by atoms with Gasteiger partial charge in [-0.3, -0.25) is 14.3 Å². The zero-order valence-electron chi connectivity index (χ0n) is 17.1. The van der Waals surface area contributed by atoms with Crippen LogP contribution in [0.4, 0.5) is 10.1 Å². The van der Waals surface area contributed by atoms with Gasteiger partial charge in [-0.25, -0.2) is 4.39 Å². The number of anilines is 1. The molecule has 1 fully saturated rings. The molecule has 0 aliphatic carbocycles. The number of aryl methyl sites for hydroxylation is 1. The number of fused-ring (bicyclic) bond motifs is 2. The first-order valence-corrected chi connectivity index (χ1v) is 9.99. The lowest BCUT2D eigenvalue weighted by Crippen LogP contribution is -2.42. The Morgan fingerprint density at radius 2 is 2.10 bits per heavy atom. The van der Waals surface area contributed by atoms with E-state index in [4.69, 9.17) is 4.74 Å². The number of methoxy groups -OCH3 is 1. The van der Waals surface area contributed by atoms with E-state index in [1.165, 1.54) is 25.3 Å². The second-order valence-electron chi connectivity index (χ2n) is 7.92. The van der Waals surface area contributed by atoms with Crippen LogP contribution >= 0.6 is 0 Å². The summed E-state index contributed by atoms with van der Waals surface area (Å²) in [5.74, 6) is -1.02. The minimum absolute atomic E-state index is 0.0716. The number of aromatic nitrogens is 2. The average Bonchev–Trinajstić information content (AvgIpc) is 3.44. The second kappa shape index (κ2) is 6.94. The van der Waals surface area contributed by atoms with E-state index >= 15 is 0 Å². The monoisotopic (exact) mass is 420 g/mol. The van der Waals surface area contributed by atoms with Gasteiger partial charge in [0.15, 0.2) is 11.6 Å². The number of halogens is 1. The van der Waals surface area contributed by atoms with Crippen molar-refractivity contribution in [2.24, 2.45) is 7.05 Å². The Hall–Kier alpha value is -3.68. The van der Waals surface area contributed by atoms with Crippen molar-refractivity contribution in [3.8, 4) is 5.75 Å². The fourth-order valence-electron chi connectivity index (χ4n) is 4.92. The molecule has 0 bridgehead atoms. The molecule has 3 aromatic rings. The van der Waals surface area contributed by atoms with Gasteiger partial charge in [0.2, 0.25) is 5.91 Å². The first-order chi connectivity index (χ1) is 15.0. The zero-order valence-corrected chi connectivity index (χ0v) is 17.1. The predicted molar refractivity (Wildman–Crippen MR) is 111 cm³/mol. The number of hydrogen-bond acceptors (Lipinski definition) is 4. The molecule has 31 heavy (non-hydrogen) atoms. The summed E-state index contributed by atoms with van der Waals surface area (Å²) in [7, 11) is 3.16. The summed E-state index contributed by atoms with van der Waals surface area (Å²) in [6, 6.07) is 11.1. The van der Waals surface area contributed by atoms with Crippen LogP contribution in [0.15, 0.2) is 54.9 Å². The quantitative estimate of drug-likeness (QED) is 0.707. The summed E-state index contributed by atoms with van der Waals surface area (Å²) >= 11 is 0. The van der Waals surface area contributed by atoms with Gasteiger partial charge in [-0.15, -0.1) is 0 Å². The normalized spacial score (nSPS) is 22.0. The highest BCUT2D eigenvalue weighted by molar-refractivity contribution is 6.08. The van der Waals surface area contributed by atoms with Gasteiger partial charge in [0.1, 0.15) is 5.41 Å². The minimum atomic E-state index is -0.930. The average molecular weight is 420 g/mol. The highest BCUT2D eigenvalue weighted by Gasteiger charge is 2.59. The highest BCUT2D eigenvalue weighted by Crippen LogP contribution is 2.54. The molecule has 8 heteroatoms. The maximum absolute atomic E-state index is 14.3. The van der Waals surface area contributed by atoms with Gasteiger partial charge >= 0.3 is 0 Å². The summed E-state index contributed by atoms with van der Waals surface area (Å²) in [6.45, 7) is 0.355. The Bertz CT molecular complexity index is 1210. The third-order valence-electron chi connectivity index (χ3n) is 6.29. The molecule has 3 heterocycles. The Balaban J connectivity index is 1.63. The lowest BCUT2D eigenvalue weighted by molar-refractivity contribution is -0.121. The highest BCUT2D eigenvalue weighted by atomic mass is 19.1. The van der Waals surface area contributed by atoms with Gasteiger partial charge in [-0.1, -0.05) is 18.2 Å². The van der Waals surface area contributed by atoms with Crippen LogP contribution in [0.25, 0.3) is 0 Å². The van der Waals surface area contributed by atoms with Crippen molar-refractivity contribution in [2.75, 3.05) is 19.0 Å². The van der Waals surface area contributed by atoms with Gasteiger partial charge in [-0.05, 0) is 36.2 Å². The summed E-state index contributed by atoms with van der Waals surface area (Å²) in [5.41, 5.74) is 1.65. The molecule has 0 radical (unpaired) electrons. The van der Waals surface area contributed by atoms with Gasteiger partial charge in [-0.2, -0.15) is 5.10 Å². The van der Waals surface area contributed by atoms with E-state index < -0.39 is 17.3 Å². The molecule has 1 N–H and O–H groups in total.